The predicted octanol–water partition coefficient (Wildman–Crippen LogP) is 3.04. The van der Waals surface area contributed by atoms with E-state index in [1.807, 2.05) is 0 Å². The lowest BCUT2D eigenvalue weighted by atomic mass is 10.1. The van der Waals surface area contributed by atoms with E-state index in [1.54, 1.807) is 41.3 Å². The van der Waals surface area contributed by atoms with Gasteiger partial charge in [-0.2, -0.15) is 0 Å². The van der Waals surface area contributed by atoms with E-state index < -0.39 is 5.92 Å². The maximum absolute atomic E-state index is 12.3. The van der Waals surface area contributed by atoms with Crippen molar-refractivity contribution in [3.8, 4) is 5.75 Å². The first-order valence-electron chi connectivity index (χ1n) is 7.19. The number of halogens is 1. The minimum Gasteiger partial charge on any atom is -0.508 e. The third-order valence-corrected chi connectivity index (χ3v) is 4.09. The van der Waals surface area contributed by atoms with Gasteiger partial charge in [-0.05, 0) is 36.4 Å². The Balaban J connectivity index is 1.71. The lowest BCUT2D eigenvalue weighted by Crippen LogP contribution is -2.28. The lowest BCUT2D eigenvalue weighted by molar-refractivity contribution is -0.122. The van der Waals surface area contributed by atoms with Crippen LogP contribution in [0.4, 0.5) is 11.4 Å². The quantitative estimate of drug-likeness (QED) is 0.850. The fraction of sp³-hybridized carbons (Fsp3) is 0.176. The molecular formula is C17H15ClN2O3. The van der Waals surface area contributed by atoms with Gasteiger partial charge in [0, 0.05) is 18.7 Å². The van der Waals surface area contributed by atoms with E-state index in [2.05, 4.69) is 5.32 Å². The fourth-order valence-corrected chi connectivity index (χ4v) is 2.81. The van der Waals surface area contributed by atoms with Gasteiger partial charge in [-0.25, -0.2) is 0 Å². The molecule has 3 rings (SSSR count). The Bertz CT molecular complexity index is 746. The van der Waals surface area contributed by atoms with Crippen molar-refractivity contribution in [3.05, 3.63) is 53.6 Å². The van der Waals surface area contributed by atoms with Gasteiger partial charge >= 0.3 is 0 Å². The summed E-state index contributed by atoms with van der Waals surface area (Å²) < 4.78 is 0. The van der Waals surface area contributed by atoms with Crippen molar-refractivity contribution in [2.24, 2.45) is 5.92 Å². The highest BCUT2D eigenvalue weighted by atomic mass is 35.5. The van der Waals surface area contributed by atoms with Crippen molar-refractivity contribution >= 4 is 34.8 Å². The second-order valence-corrected chi connectivity index (χ2v) is 5.80. The highest BCUT2D eigenvalue weighted by Gasteiger charge is 2.35. The molecule has 1 saturated heterocycles. The van der Waals surface area contributed by atoms with E-state index in [9.17, 15) is 14.7 Å². The molecule has 0 aliphatic carbocycles. The molecule has 0 saturated carbocycles. The van der Waals surface area contributed by atoms with Crippen molar-refractivity contribution in [2.75, 3.05) is 16.8 Å². The molecule has 0 spiro atoms. The zero-order chi connectivity index (χ0) is 16.4. The average molecular weight is 331 g/mol. The number of carbonyl (C=O) groups is 2. The number of amides is 2. The van der Waals surface area contributed by atoms with E-state index in [4.69, 9.17) is 11.6 Å². The molecule has 0 radical (unpaired) electrons. The monoisotopic (exact) mass is 330 g/mol. The molecule has 1 atom stereocenters. The Hall–Kier alpha value is -2.53. The van der Waals surface area contributed by atoms with Crippen LogP contribution in [0, 0.1) is 5.92 Å². The number of phenols is 1. The van der Waals surface area contributed by atoms with Crippen molar-refractivity contribution in [2.45, 2.75) is 6.42 Å². The molecule has 2 aromatic carbocycles. The summed E-state index contributed by atoms with van der Waals surface area (Å²) in [5.74, 6) is -0.654. The van der Waals surface area contributed by atoms with E-state index >= 15 is 0 Å². The maximum atomic E-state index is 12.3. The lowest BCUT2D eigenvalue weighted by Gasteiger charge is -2.18. The minimum atomic E-state index is -0.437. The SMILES string of the molecule is O=C(Nc1ccc(O)cc1)C1CC(=O)N(c2ccccc2Cl)C1. The number of phenolic OH excluding ortho intramolecular Hbond substituents is 1. The molecule has 0 aromatic heterocycles. The van der Waals surface area contributed by atoms with Crippen LogP contribution in [0.25, 0.3) is 0 Å². The summed E-state index contributed by atoms with van der Waals surface area (Å²) in [6, 6.07) is 13.3. The Morgan fingerprint density at radius 2 is 1.87 bits per heavy atom. The van der Waals surface area contributed by atoms with Crippen molar-refractivity contribution < 1.29 is 14.7 Å². The summed E-state index contributed by atoms with van der Waals surface area (Å²) in [5.41, 5.74) is 1.20. The number of para-hydroxylation sites is 1. The number of carbonyl (C=O) groups excluding carboxylic acids is 2. The van der Waals surface area contributed by atoms with Gasteiger partial charge < -0.3 is 15.3 Å². The van der Waals surface area contributed by atoms with E-state index in [0.717, 1.165) is 0 Å². The van der Waals surface area contributed by atoms with Crippen LogP contribution in [0.3, 0.4) is 0 Å². The van der Waals surface area contributed by atoms with Crippen LogP contribution in [0.2, 0.25) is 5.02 Å². The van der Waals surface area contributed by atoms with Crippen LogP contribution >= 0.6 is 11.6 Å². The van der Waals surface area contributed by atoms with Crippen LogP contribution in [0.1, 0.15) is 6.42 Å². The summed E-state index contributed by atoms with van der Waals surface area (Å²) in [7, 11) is 0. The fourth-order valence-electron chi connectivity index (χ4n) is 2.58. The number of aromatic hydroxyl groups is 1. The molecule has 2 amide bonds. The van der Waals surface area contributed by atoms with Gasteiger partial charge in [-0.15, -0.1) is 0 Å². The van der Waals surface area contributed by atoms with Gasteiger partial charge in [0.05, 0.1) is 16.6 Å². The van der Waals surface area contributed by atoms with Crippen molar-refractivity contribution in [1.82, 2.24) is 0 Å². The van der Waals surface area contributed by atoms with Gasteiger partial charge in [-0.1, -0.05) is 23.7 Å². The molecular weight excluding hydrogens is 316 g/mol. The number of nitrogens with zero attached hydrogens (tertiary/aromatic N) is 1. The molecule has 1 aliphatic rings. The van der Waals surface area contributed by atoms with E-state index in [1.165, 1.54) is 12.1 Å². The zero-order valence-corrected chi connectivity index (χ0v) is 13.0. The van der Waals surface area contributed by atoms with Crippen molar-refractivity contribution in [1.29, 1.82) is 0 Å². The highest BCUT2D eigenvalue weighted by molar-refractivity contribution is 6.33. The van der Waals surface area contributed by atoms with Crippen LogP contribution in [-0.2, 0) is 9.59 Å². The number of anilines is 2. The molecule has 1 heterocycles. The third-order valence-electron chi connectivity index (χ3n) is 3.77. The first-order chi connectivity index (χ1) is 11.0. The number of hydrogen-bond donors (Lipinski definition) is 2. The van der Waals surface area contributed by atoms with Gasteiger partial charge in [0.2, 0.25) is 11.8 Å². The first-order valence-corrected chi connectivity index (χ1v) is 7.57. The van der Waals surface area contributed by atoms with Crippen LogP contribution in [0.15, 0.2) is 48.5 Å². The Labute approximate surface area is 138 Å². The smallest absolute Gasteiger partial charge is 0.229 e. The molecule has 1 fully saturated rings. The van der Waals surface area contributed by atoms with Crippen LogP contribution in [0.5, 0.6) is 5.75 Å². The summed E-state index contributed by atoms with van der Waals surface area (Å²) >= 11 is 6.12. The van der Waals surface area contributed by atoms with Gasteiger partial charge in [-0.3, -0.25) is 9.59 Å². The second kappa shape index (κ2) is 6.30. The topological polar surface area (TPSA) is 69.6 Å². The summed E-state index contributed by atoms with van der Waals surface area (Å²) in [4.78, 5) is 26.1. The van der Waals surface area contributed by atoms with Crippen LogP contribution < -0.4 is 10.2 Å². The highest BCUT2D eigenvalue weighted by Crippen LogP contribution is 2.31. The summed E-state index contributed by atoms with van der Waals surface area (Å²) in [6.07, 6.45) is 0.148. The molecule has 6 heteroatoms. The van der Waals surface area contributed by atoms with Gasteiger partial charge in [0.1, 0.15) is 5.75 Å². The predicted molar refractivity (Wildman–Crippen MR) is 88.6 cm³/mol. The van der Waals surface area contributed by atoms with Crippen LogP contribution in [-0.4, -0.2) is 23.5 Å². The maximum Gasteiger partial charge on any atom is 0.229 e. The standard InChI is InChI=1S/C17H15ClN2O3/c18-14-3-1-2-4-15(14)20-10-11(9-16(20)22)17(23)19-12-5-7-13(21)8-6-12/h1-8,11,21H,9-10H2,(H,19,23). The molecule has 2 aromatic rings. The first kappa shape index (κ1) is 15.4. The third kappa shape index (κ3) is 3.29. The molecule has 0 bridgehead atoms. The second-order valence-electron chi connectivity index (χ2n) is 5.39. The average Bonchev–Trinajstić information content (AvgIpc) is 2.92. The number of benzene rings is 2. The summed E-state index contributed by atoms with van der Waals surface area (Å²) in [6.45, 7) is 0.298. The van der Waals surface area contributed by atoms with E-state index in [-0.39, 0.29) is 24.0 Å². The molecule has 23 heavy (non-hydrogen) atoms. The van der Waals surface area contributed by atoms with Gasteiger partial charge in [0.15, 0.2) is 0 Å². The Morgan fingerprint density at radius 1 is 1.17 bits per heavy atom. The molecule has 118 valence electrons. The van der Waals surface area contributed by atoms with Crippen molar-refractivity contribution in [3.63, 3.8) is 0 Å². The largest absolute Gasteiger partial charge is 0.508 e. The molecule has 1 unspecified atom stereocenters. The normalized spacial score (nSPS) is 17.3. The zero-order valence-electron chi connectivity index (χ0n) is 12.2. The Morgan fingerprint density at radius 3 is 2.57 bits per heavy atom. The summed E-state index contributed by atoms with van der Waals surface area (Å²) in [5, 5.41) is 12.5. The van der Waals surface area contributed by atoms with E-state index in [0.29, 0.717) is 22.9 Å². The minimum absolute atomic E-state index is 0.121. The number of nitrogens with one attached hydrogen (secondary N) is 1. The number of rotatable bonds is 3. The Kier molecular flexibility index (Phi) is 4.21. The molecule has 5 nitrogen and oxygen atoms in total. The van der Waals surface area contributed by atoms with Gasteiger partial charge in [0.25, 0.3) is 0 Å². The number of hydrogen-bond acceptors (Lipinski definition) is 3. The molecule has 2 N–H and O–H groups in total. The molecule has 1 aliphatic heterocycles.